The highest BCUT2D eigenvalue weighted by Crippen LogP contribution is 2.43. The summed E-state index contributed by atoms with van der Waals surface area (Å²) in [5.74, 6) is -0.236. The van der Waals surface area contributed by atoms with Crippen LogP contribution in [0.5, 0.6) is 0 Å². The predicted molar refractivity (Wildman–Crippen MR) is 359 cm³/mol. The van der Waals surface area contributed by atoms with Crippen LogP contribution in [0.1, 0.15) is 284 Å². The summed E-state index contributed by atoms with van der Waals surface area (Å²) in [5.41, 5.74) is 0. The number of carbonyl (C=O) groups excluding carboxylic acids is 1. The zero-order valence-corrected chi connectivity index (χ0v) is 54.8. The Morgan fingerprint density at radius 3 is 1.06 bits per heavy atom. The lowest BCUT2D eigenvalue weighted by molar-refractivity contribution is -0.870. The fourth-order valence-electron chi connectivity index (χ4n) is 9.46. The molecule has 8 nitrogen and oxygen atoms in total. The van der Waals surface area contributed by atoms with Crippen LogP contribution in [-0.4, -0.2) is 73.4 Å². The summed E-state index contributed by atoms with van der Waals surface area (Å²) in [6.07, 6.45) is 93.5. The van der Waals surface area contributed by atoms with Gasteiger partial charge in [-0.3, -0.25) is 13.8 Å². The van der Waals surface area contributed by atoms with Crippen LogP contribution in [0.25, 0.3) is 0 Å². The lowest BCUT2D eigenvalue weighted by Crippen LogP contribution is -2.45. The summed E-state index contributed by atoms with van der Waals surface area (Å²) in [7, 11) is 1.52. The van der Waals surface area contributed by atoms with Crippen molar-refractivity contribution in [3.8, 4) is 0 Å². The molecule has 0 saturated heterocycles. The van der Waals surface area contributed by atoms with E-state index in [9.17, 15) is 19.4 Å². The fourth-order valence-corrected chi connectivity index (χ4v) is 10.2. The molecule has 3 N–H and O–H groups in total. The Hall–Kier alpha value is -3.10. The number of carbonyl (C=O) groups is 1. The standard InChI is InChI=1S/C73H129N2O6P/c1-6-8-10-12-14-16-18-20-22-24-26-28-30-32-34-36-37-39-40-42-44-46-48-50-52-54-56-58-60-62-64-66-72(76)71(70-81-82(78,79)80-69-68-75(3,4)5)74-73(77)67-65-63-61-59-57-55-53-51-49-47-45-43-41-38-35-33-31-29-27-25-23-21-19-17-15-13-11-9-7-2/h9,11,15,17,21,23,27,29,33,35,41,43,47,49,53,55,59,61,64,66,71-72,76H,6-8,10,12-14,16,18-20,22,24-26,28,30-32,34,36-40,42,44-46,48,50-52,54,56-58,60,62-63,65,67-70H2,1-5H3,(H-,74,77,78,79)/p+1/b11-9-,17-15-,23-21-,29-27-,35-33-,43-41-,49-47-,55-53-,61-59-,66-64+. The van der Waals surface area contributed by atoms with Crippen LogP contribution < -0.4 is 5.32 Å². The summed E-state index contributed by atoms with van der Waals surface area (Å²) in [5, 5.41) is 14.0. The molecule has 0 aliphatic carbocycles. The first kappa shape index (κ1) is 78.9. The van der Waals surface area contributed by atoms with E-state index in [4.69, 9.17) is 9.05 Å². The van der Waals surface area contributed by atoms with Gasteiger partial charge in [0.25, 0.3) is 0 Å². The number of likely N-dealkylation sites (N-methyl/N-ethyl adjacent to an activating group) is 1. The Bertz CT molecular complexity index is 1750. The van der Waals surface area contributed by atoms with Gasteiger partial charge in [0.1, 0.15) is 13.2 Å². The van der Waals surface area contributed by atoms with Gasteiger partial charge in [0.2, 0.25) is 5.91 Å². The quantitative estimate of drug-likeness (QED) is 0.0243. The molecule has 0 aromatic heterocycles. The van der Waals surface area contributed by atoms with Crippen LogP contribution >= 0.6 is 7.82 Å². The van der Waals surface area contributed by atoms with Gasteiger partial charge in [0.15, 0.2) is 0 Å². The monoisotopic (exact) mass is 1160 g/mol. The maximum atomic E-state index is 13.0. The third-order valence-corrected chi connectivity index (χ3v) is 15.7. The first-order valence-corrected chi connectivity index (χ1v) is 35.4. The van der Waals surface area contributed by atoms with E-state index in [1.165, 1.54) is 173 Å². The number of aliphatic hydroxyl groups is 1. The average molecular weight is 1160 g/mol. The second-order valence-electron chi connectivity index (χ2n) is 23.8. The van der Waals surface area contributed by atoms with Crippen molar-refractivity contribution in [2.24, 2.45) is 0 Å². The maximum absolute atomic E-state index is 13.0. The molecule has 9 heteroatoms. The van der Waals surface area contributed by atoms with E-state index in [1.54, 1.807) is 6.08 Å². The normalized spacial score (nSPS) is 14.5. The molecule has 0 bridgehead atoms. The Labute approximate surface area is 507 Å². The zero-order valence-electron chi connectivity index (χ0n) is 53.9. The molecule has 3 unspecified atom stereocenters. The Morgan fingerprint density at radius 2 is 0.732 bits per heavy atom. The molecule has 3 atom stereocenters. The summed E-state index contributed by atoms with van der Waals surface area (Å²) < 4.78 is 23.8. The summed E-state index contributed by atoms with van der Waals surface area (Å²) >= 11 is 0. The third-order valence-electron chi connectivity index (χ3n) is 14.7. The first-order chi connectivity index (χ1) is 40.0. The second-order valence-corrected chi connectivity index (χ2v) is 25.3. The SMILES string of the molecule is CC/C=C\C/C=C\C/C=C\C/C=C\C/C=C\C/C=C\C/C=C\C/C=C\C/C=C\CCCC(=O)NC(COP(=O)(O)OCC[N+](C)(C)C)C(O)/C=C/CCCCCCCCCCCCCCCCCCCCCCCCCCCCCCC. The smallest absolute Gasteiger partial charge is 0.387 e. The molecule has 0 aromatic rings. The van der Waals surface area contributed by atoms with E-state index < -0.39 is 20.0 Å². The lowest BCUT2D eigenvalue weighted by atomic mass is 10.0. The van der Waals surface area contributed by atoms with Crippen molar-refractivity contribution < 1.29 is 32.9 Å². The zero-order chi connectivity index (χ0) is 59.8. The van der Waals surface area contributed by atoms with Gasteiger partial charge >= 0.3 is 7.82 Å². The third kappa shape index (κ3) is 64.5. The van der Waals surface area contributed by atoms with Crippen LogP contribution in [0.3, 0.4) is 0 Å². The van der Waals surface area contributed by atoms with E-state index in [0.29, 0.717) is 17.4 Å². The topological polar surface area (TPSA) is 105 Å². The number of nitrogens with one attached hydrogen (secondary N) is 1. The minimum absolute atomic E-state index is 0.0442. The van der Waals surface area contributed by atoms with Gasteiger partial charge in [-0.2, -0.15) is 0 Å². The van der Waals surface area contributed by atoms with Crippen LogP contribution in [0.4, 0.5) is 0 Å². The van der Waals surface area contributed by atoms with E-state index >= 15 is 0 Å². The highest BCUT2D eigenvalue weighted by molar-refractivity contribution is 7.47. The van der Waals surface area contributed by atoms with E-state index in [1.807, 2.05) is 27.2 Å². The number of unbranched alkanes of at least 4 members (excludes halogenated alkanes) is 30. The molecule has 82 heavy (non-hydrogen) atoms. The van der Waals surface area contributed by atoms with Gasteiger partial charge in [0, 0.05) is 6.42 Å². The van der Waals surface area contributed by atoms with Crippen LogP contribution in [0, 0.1) is 0 Å². The van der Waals surface area contributed by atoms with Gasteiger partial charge in [-0.25, -0.2) is 4.57 Å². The molecule has 0 rings (SSSR count). The number of phosphoric acid groups is 1. The van der Waals surface area contributed by atoms with Crippen molar-refractivity contribution >= 4 is 13.7 Å². The van der Waals surface area contributed by atoms with Crippen molar-refractivity contribution in [2.45, 2.75) is 296 Å². The Balaban J connectivity index is 4.23. The number of phosphoric ester groups is 1. The van der Waals surface area contributed by atoms with E-state index in [0.717, 1.165) is 83.5 Å². The molecular weight excluding hydrogens is 1030 g/mol. The minimum atomic E-state index is -4.38. The Morgan fingerprint density at radius 1 is 0.427 bits per heavy atom. The van der Waals surface area contributed by atoms with Crippen LogP contribution in [-0.2, 0) is 18.4 Å². The number of amides is 1. The number of aliphatic hydroxyl groups excluding tert-OH is 1. The second kappa shape index (κ2) is 62.4. The van der Waals surface area contributed by atoms with Crippen molar-refractivity contribution in [1.29, 1.82) is 0 Å². The van der Waals surface area contributed by atoms with Crippen LogP contribution in [0.15, 0.2) is 122 Å². The molecule has 0 fully saturated rings. The molecular formula is C73H130N2O6P+. The number of allylic oxidation sites excluding steroid dienone is 19. The van der Waals surface area contributed by atoms with Crippen molar-refractivity contribution in [3.63, 3.8) is 0 Å². The molecule has 0 aliphatic rings. The van der Waals surface area contributed by atoms with Gasteiger partial charge in [-0.05, 0) is 83.5 Å². The lowest BCUT2D eigenvalue weighted by Gasteiger charge is -2.25. The largest absolute Gasteiger partial charge is 0.472 e. The van der Waals surface area contributed by atoms with Gasteiger partial charge in [-0.15, -0.1) is 0 Å². The molecule has 0 spiro atoms. The van der Waals surface area contributed by atoms with E-state index in [-0.39, 0.29) is 25.5 Å². The number of hydrogen-bond donors (Lipinski definition) is 3. The summed E-state index contributed by atoms with van der Waals surface area (Å²) in [4.78, 5) is 23.4. The minimum Gasteiger partial charge on any atom is -0.387 e. The number of hydrogen-bond acceptors (Lipinski definition) is 5. The van der Waals surface area contributed by atoms with Crippen molar-refractivity contribution in [2.75, 3.05) is 40.9 Å². The maximum Gasteiger partial charge on any atom is 0.472 e. The Kier molecular flexibility index (Phi) is 60.1. The molecule has 0 aromatic carbocycles. The first-order valence-electron chi connectivity index (χ1n) is 33.9. The highest BCUT2D eigenvalue weighted by atomic mass is 31.2. The number of rotatable bonds is 61. The molecule has 0 aliphatic heterocycles. The fraction of sp³-hybridized carbons (Fsp3) is 0.712. The predicted octanol–water partition coefficient (Wildman–Crippen LogP) is 21.7. The number of quaternary nitrogens is 1. The van der Waals surface area contributed by atoms with Crippen molar-refractivity contribution in [1.82, 2.24) is 5.32 Å². The summed E-state index contributed by atoms with van der Waals surface area (Å²) in [6, 6.07) is -0.889. The average Bonchev–Trinajstić information content (AvgIpc) is 3.47. The summed E-state index contributed by atoms with van der Waals surface area (Å²) in [6.45, 7) is 4.67. The molecule has 1 amide bonds. The van der Waals surface area contributed by atoms with Crippen molar-refractivity contribution in [3.05, 3.63) is 122 Å². The molecule has 0 heterocycles. The molecule has 472 valence electrons. The number of nitrogens with zero attached hydrogens (tertiary/aromatic N) is 1. The molecule has 0 radical (unpaired) electrons. The molecule has 0 saturated carbocycles. The van der Waals surface area contributed by atoms with E-state index in [2.05, 4.69) is 129 Å². The van der Waals surface area contributed by atoms with Gasteiger partial charge < -0.3 is 19.8 Å². The van der Waals surface area contributed by atoms with Crippen LogP contribution in [0.2, 0.25) is 0 Å². The highest BCUT2D eigenvalue weighted by Gasteiger charge is 2.27. The van der Waals surface area contributed by atoms with Gasteiger partial charge in [0.05, 0.1) is 39.9 Å². The van der Waals surface area contributed by atoms with Gasteiger partial charge in [-0.1, -0.05) is 315 Å².